The van der Waals surface area contributed by atoms with Gasteiger partial charge >= 0.3 is 0 Å². The molecule has 0 bridgehead atoms. The molecule has 0 saturated carbocycles. The zero-order valence-corrected chi connectivity index (χ0v) is 13.9. The Hall–Kier alpha value is -3.22. The highest BCUT2D eigenvalue weighted by atomic mass is 16.7. The number of rotatable bonds is 6. The average Bonchev–Trinajstić information content (AvgIpc) is 3.08. The van der Waals surface area contributed by atoms with Gasteiger partial charge < -0.3 is 18.9 Å². The predicted molar refractivity (Wildman–Crippen MR) is 91.5 cm³/mol. The van der Waals surface area contributed by atoms with Crippen LogP contribution < -0.4 is 24.4 Å². The summed E-state index contributed by atoms with van der Waals surface area (Å²) in [5.74, 6) is 1.97. The number of benzene rings is 2. The van der Waals surface area contributed by atoms with Crippen molar-refractivity contribution >= 4 is 12.1 Å². The number of nitrogens with zero attached hydrogens (tertiary/aromatic N) is 1. The Balaban J connectivity index is 1.55. The smallest absolute Gasteiger partial charge is 0.277 e. The first-order valence-electron chi connectivity index (χ1n) is 7.64. The minimum absolute atomic E-state index is 0.120. The van der Waals surface area contributed by atoms with Crippen molar-refractivity contribution in [1.29, 1.82) is 0 Å². The minimum atomic E-state index is -0.356. The molecule has 1 aliphatic heterocycles. The quantitative estimate of drug-likeness (QED) is 0.643. The monoisotopic (exact) mass is 342 g/mol. The van der Waals surface area contributed by atoms with Gasteiger partial charge in [0.25, 0.3) is 5.91 Å². The Kier molecular flexibility index (Phi) is 5.03. The molecule has 0 spiro atoms. The summed E-state index contributed by atoms with van der Waals surface area (Å²) >= 11 is 0. The highest BCUT2D eigenvalue weighted by molar-refractivity contribution is 5.84. The molecule has 1 amide bonds. The van der Waals surface area contributed by atoms with Crippen LogP contribution >= 0.6 is 0 Å². The van der Waals surface area contributed by atoms with Crippen LogP contribution in [0.15, 0.2) is 41.5 Å². The van der Waals surface area contributed by atoms with Gasteiger partial charge in [-0.05, 0) is 36.8 Å². The largest absolute Gasteiger partial charge is 0.493 e. The van der Waals surface area contributed by atoms with E-state index in [9.17, 15) is 4.79 Å². The Morgan fingerprint density at radius 2 is 2.20 bits per heavy atom. The third-order valence-electron chi connectivity index (χ3n) is 3.44. The molecule has 0 unspecified atom stereocenters. The molecule has 1 N–H and O–H groups in total. The molecule has 0 aliphatic carbocycles. The van der Waals surface area contributed by atoms with Crippen molar-refractivity contribution in [3.8, 4) is 23.0 Å². The fraction of sp³-hybridized carbons (Fsp3) is 0.222. The van der Waals surface area contributed by atoms with Crippen molar-refractivity contribution in [2.75, 3.05) is 20.5 Å². The number of fused-ring (bicyclic) bond motifs is 1. The maximum Gasteiger partial charge on any atom is 0.277 e. The van der Waals surface area contributed by atoms with E-state index < -0.39 is 0 Å². The number of hydrogen-bond donors (Lipinski definition) is 1. The van der Waals surface area contributed by atoms with E-state index in [0.29, 0.717) is 28.6 Å². The van der Waals surface area contributed by atoms with Crippen LogP contribution in [0.3, 0.4) is 0 Å². The van der Waals surface area contributed by atoms with E-state index in [1.54, 1.807) is 25.3 Å². The number of hydrogen-bond acceptors (Lipinski definition) is 6. The van der Waals surface area contributed by atoms with Crippen LogP contribution in [-0.2, 0) is 4.79 Å². The van der Waals surface area contributed by atoms with Crippen LogP contribution in [0.4, 0.5) is 0 Å². The van der Waals surface area contributed by atoms with Gasteiger partial charge in [0, 0.05) is 5.56 Å². The topological polar surface area (TPSA) is 78.4 Å². The fourth-order valence-electron chi connectivity index (χ4n) is 2.29. The van der Waals surface area contributed by atoms with Gasteiger partial charge in [0.15, 0.2) is 18.1 Å². The Labute approximate surface area is 145 Å². The summed E-state index contributed by atoms with van der Waals surface area (Å²) in [5, 5.41) is 3.92. The van der Waals surface area contributed by atoms with E-state index in [0.717, 1.165) is 5.56 Å². The summed E-state index contributed by atoms with van der Waals surface area (Å²) in [6.07, 6.45) is 1.50. The highest BCUT2D eigenvalue weighted by Crippen LogP contribution is 2.41. The summed E-state index contributed by atoms with van der Waals surface area (Å²) < 4.78 is 21.3. The van der Waals surface area contributed by atoms with Crippen LogP contribution in [-0.4, -0.2) is 32.6 Å². The van der Waals surface area contributed by atoms with E-state index >= 15 is 0 Å². The number of ether oxygens (including phenoxy) is 4. The van der Waals surface area contributed by atoms with Crippen molar-refractivity contribution in [2.45, 2.75) is 6.92 Å². The third-order valence-corrected chi connectivity index (χ3v) is 3.44. The van der Waals surface area contributed by atoms with Crippen molar-refractivity contribution in [2.24, 2.45) is 5.10 Å². The van der Waals surface area contributed by atoms with Gasteiger partial charge in [0.1, 0.15) is 5.75 Å². The van der Waals surface area contributed by atoms with Crippen molar-refractivity contribution < 1.29 is 23.7 Å². The van der Waals surface area contributed by atoms with E-state index in [1.165, 1.54) is 6.21 Å². The van der Waals surface area contributed by atoms with Gasteiger partial charge in [-0.15, -0.1) is 0 Å². The Morgan fingerprint density at radius 1 is 1.32 bits per heavy atom. The second-order valence-electron chi connectivity index (χ2n) is 5.36. The zero-order chi connectivity index (χ0) is 17.6. The van der Waals surface area contributed by atoms with Crippen molar-refractivity contribution in [3.05, 3.63) is 47.5 Å². The van der Waals surface area contributed by atoms with Crippen LogP contribution in [0.1, 0.15) is 11.1 Å². The van der Waals surface area contributed by atoms with E-state index in [4.69, 9.17) is 18.9 Å². The van der Waals surface area contributed by atoms with Crippen LogP contribution in [0, 0.1) is 6.92 Å². The van der Waals surface area contributed by atoms with Gasteiger partial charge in [-0.2, -0.15) is 5.10 Å². The number of hydrazone groups is 1. The Morgan fingerprint density at radius 3 is 3.00 bits per heavy atom. The second-order valence-corrected chi connectivity index (χ2v) is 5.36. The maximum absolute atomic E-state index is 11.8. The summed E-state index contributed by atoms with van der Waals surface area (Å²) in [4.78, 5) is 11.8. The van der Waals surface area contributed by atoms with Gasteiger partial charge in [0.2, 0.25) is 12.5 Å². The molecule has 1 aliphatic rings. The first-order chi connectivity index (χ1) is 12.2. The normalized spacial score (nSPS) is 12.2. The first kappa shape index (κ1) is 16.6. The molecule has 1 heterocycles. The van der Waals surface area contributed by atoms with Gasteiger partial charge in [-0.1, -0.05) is 12.1 Å². The van der Waals surface area contributed by atoms with Crippen LogP contribution in [0.2, 0.25) is 0 Å². The fourth-order valence-corrected chi connectivity index (χ4v) is 2.29. The number of methoxy groups -OCH3 is 1. The lowest BCUT2D eigenvalue weighted by Crippen LogP contribution is -2.24. The second kappa shape index (κ2) is 7.57. The molecule has 0 fully saturated rings. The van der Waals surface area contributed by atoms with Crippen LogP contribution in [0.25, 0.3) is 0 Å². The standard InChI is InChI=1S/C18H18N2O5/c1-12-4-3-5-14(6-12)23-10-17(21)20-19-9-13-7-15(22-2)18-16(8-13)24-11-25-18/h3-9H,10-11H2,1-2H3,(H,20,21)/b19-9-. The molecule has 3 rings (SSSR count). The summed E-state index contributed by atoms with van der Waals surface area (Å²) in [6, 6.07) is 11.0. The molecule has 0 atom stereocenters. The summed E-state index contributed by atoms with van der Waals surface area (Å²) in [5.41, 5.74) is 4.19. The average molecular weight is 342 g/mol. The lowest BCUT2D eigenvalue weighted by Gasteiger charge is -2.06. The maximum atomic E-state index is 11.8. The lowest BCUT2D eigenvalue weighted by atomic mass is 10.2. The molecule has 0 radical (unpaired) electrons. The first-order valence-corrected chi connectivity index (χ1v) is 7.64. The van der Waals surface area contributed by atoms with Crippen molar-refractivity contribution in [1.82, 2.24) is 5.43 Å². The molecule has 2 aromatic rings. The SMILES string of the molecule is COc1cc(/C=N\NC(=O)COc2cccc(C)c2)cc2c1OCO2. The number of carbonyl (C=O) groups is 1. The lowest BCUT2D eigenvalue weighted by molar-refractivity contribution is -0.123. The molecule has 2 aromatic carbocycles. The molecule has 7 heteroatoms. The molecule has 0 saturated heterocycles. The number of carbonyl (C=O) groups excluding carboxylic acids is 1. The molecule has 0 aromatic heterocycles. The van der Waals surface area contributed by atoms with E-state index in [1.807, 2.05) is 25.1 Å². The molecule has 25 heavy (non-hydrogen) atoms. The zero-order valence-electron chi connectivity index (χ0n) is 13.9. The number of amides is 1. The number of aryl methyl sites for hydroxylation is 1. The summed E-state index contributed by atoms with van der Waals surface area (Å²) in [7, 11) is 1.54. The van der Waals surface area contributed by atoms with Gasteiger partial charge in [-0.25, -0.2) is 5.43 Å². The van der Waals surface area contributed by atoms with Crippen LogP contribution in [0.5, 0.6) is 23.0 Å². The predicted octanol–water partition coefficient (Wildman–Crippen LogP) is 2.26. The summed E-state index contributed by atoms with van der Waals surface area (Å²) in [6.45, 7) is 1.99. The van der Waals surface area contributed by atoms with E-state index in [-0.39, 0.29) is 19.3 Å². The van der Waals surface area contributed by atoms with E-state index in [2.05, 4.69) is 10.5 Å². The third kappa shape index (κ3) is 4.20. The molecular weight excluding hydrogens is 324 g/mol. The highest BCUT2D eigenvalue weighted by Gasteiger charge is 2.19. The molecule has 7 nitrogen and oxygen atoms in total. The Bertz CT molecular complexity index is 804. The molecule has 130 valence electrons. The van der Waals surface area contributed by atoms with Gasteiger partial charge in [-0.3, -0.25) is 4.79 Å². The number of nitrogens with one attached hydrogen (secondary N) is 1. The molecular formula is C18H18N2O5. The van der Waals surface area contributed by atoms with Crippen molar-refractivity contribution in [3.63, 3.8) is 0 Å². The minimum Gasteiger partial charge on any atom is -0.493 e. The van der Waals surface area contributed by atoms with Gasteiger partial charge in [0.05, 0.1) is 13.3 Å².